The molecule has 0 rings (SSSR count). The summed E-state index contributed by atoms with van der Waals surface area (Å²) in [5.41, 5.74) is 10.2. The molecular weight excluding hydrogens is 224 g/mol. The summed E-state index contributed by atoms with van der Waals surface area (Å²) in [6.45, 7) is 6.76. The van der Waals surface area contributed by atoms with Crippen molar-refractivity contribution in [2.75, 3.05) is 26.6 Å². The standard InChI is InChI=1S/C11H24N2O4/c1-11(2,3)17-10(14)9(13)7-15-5-4-6-16-8-12/h9H,4-8,12-13H2,1-3H3. The van der Waals surface area contributed by atoms with Crippen LogP contribution in [-0.4, -0.2) is 44.2 Å². The van der Waals surface area contributed by atoms with Gasteiger partial charge in [-0.1, -0.05) is 0 Å². The summed E-state index contributed by atoms with van der Waals surface area (Å²) in [5.74, 6) is -0.448. The number of carbonyl (C=O) groups excluding carboxylic acids is 1. The molecule has 6 heteroatoms. The van der Waals surface area contributed by atoms with Crippen molar-refractivity contribution in [3.63, 3.8) is 0 Å². The van der Waals surface area contributed by atoms with Crippen molar-refractivity contribution in [3.8, 4) is 0 Å². The largest absolute Gasteiger partial charge is 0.459 e. The van der Waals surface area contributed by atoms with Gasteiger partial charge in [0.05, 0.1) is 19.9 Å². The molecule has 0 spiro atoms. The number of hydrogen-bond acceptors (Lipinski definition) is 6. The summed E-state index contributed by atoms with van der Waals surface area (Å²) in [6, 6.07) is -0.746. The predicted molar refractivity (Wildman–Crippen MR) is 64.3 cm³/mol. The van der Waals surface area contributed by atoms with Gasteiger partial charge in [-0.05, 0) is 27.2 Å². The topological polar surface area (TPSA) is 96.8 Å². The van der Waals surface area contributed by atoms with Crippen LogP contribution in [0.3, 0.4) is 0 Å². The second kappa shape index (κ2) is 8.41. The van der Waals surface area contributed by atoms with Crippen LogP contribution in [0.4, 0.5) is 0 Å². The Morgan fingerprint density at radius 1 is 1.24 bits per heavy atom. The molecule has 4 N–H and O–H groups in total. The van der Waals surface area contributed by atoms with Crippen molar-refractivity contribution in [2.24, 2.45) is 11.5 Å². The van der Waals surface area contributed by atoms with Crippen molar-refractivity contribution in [1.82, 2.24) is 0 Å². The maximum atomic E-state index is 11.5. The second-order valence-electron chi connectivity index (χ2n) is 4.64. The van der Waals surface area contributed by atoms with Crippen LogP contribution in [0.5, 0.6) is 0 Å². The van der Waals surface area contributed by atoms with E-state index in [2.05, 4.69) is 0 Å². The molecule has 0 saturated heterocycles. The Bertz CT molecular complexity index is 216. The molecule has 0 bridgehead atoms. The van der Waals surface area contributed by atoms with Crippen molar-refractivity contribution >= 4 is 5.97 Å². The van der Waals surface area contributed by atoms with Crippen LogP contribution in [0.15, 0.2) is 0 Å². The van der Waals surface area contributed by atoms with Crippen molar-refractivity contribution in [2.45, 2.75) is 38.8 Å². The first kappa shape index (κ1) is 16.3. The average molecular weight is 248 g/mol. The molecule has 102 valence electrons. The molecule has 0 aliphatic carbocycles. The lowest BCUT2D eigenvalue weighted by molar-refractivity contribution is -0.158. The highest BCUT2D eigenvalue weighted by Gasteiger charge is 2.21. The fraction of sp³-hybridized carbons (Fsp3) is 0.909. The molecule has 0 aromatic heterocycles. The van der Waals surface area contributed by atoms with Crippen molar-refractivity contribution < 1.29 is 19.0 Å². The van der Waals surface area contributed by atoms with Crippen LogP contribution in [0, 0.1) is 0 Å². The van der Waals surface area contributed by atoms with Gasteiger partial charge >= 0.3 is 5.97 Å². The zero-order valence-corrected chi connectivity index (χ0v) is 10.9. The molecule has 1 unspecified atom stereocenters. The Morgan fingerprint density at radius 3 is 2.35 bits per heavy atom. The summed E-state index contributed by atoms with van der Waals surface area (Å²) in [7, 11) is 0. The fourth-order valence-electron chi connectivity index (χ4n) is 1.00. The monoisotopic (exact) mass is 248 g/mol. The molecule has 0 aliphatic rings. The van der Waals surface area contributed by atoms with E-state index in [9.17, 15) is 4.79 Å². The Morgan fingerprint density at radius 2 is 1.82 bits per heavy atom. The third kappa shape index (κ3) is 10.2. The molecule has 0 aromatic rings. The highest BCUT2D eigenvalue weighted by atomic mass is 16.6. The summed E-state index contributed by atoms with van der Waals surface area (Å²) >= 11 is 0. The minimum Gasteiger partial charge on any atom is -0.459 e. The van der Waals surface area contributed by atoms with E-state index < -0.39 is 17.6 Å². The minimum absolute atomic E-state index is 0.150. The molecule has 17 heavy (non-hydrogen) atoms. The van der Waals surface area contributed by atoms with E-state index in [4.69, 9.17) is 25.7 Å². The SMILES string of the molecule is CC(C)(C)OC(=O)C(N)COCCCOCN. The fourth-order valence-corrected chi connectivity index (χ4v) is 1.00. The minimum atomic E-state index is -0.746. The number of esters is 1. The number of ether oxygens (including phenoxy) is 3. The van der Waals surface area contributed by atoms with E-state index in [1.54, 1.807) is 20.8 Å². The van der Waals surface area contributed by atoms with Gasteiger partial charge in [-0.3, -0.25) is 4.79 Å². The first-order valence-corrected chi connectivity index (χ1v) is 5.71. The molecule has 6 nitrogen and oxygen atoms in total. The lowest BCUT2D eigenvalue weighted by atomic mass is 10.2. The molecule has 0 radical (unpaired) electrons. The number of rotatable bonds is 8. The van der Waals surface area contributed by atoms with E-state index >= 15 is 0 Å². The van der Waals surface area contributed by atoms with Gasteiger partial charge in [0.25, 0.3) is 0 Å². The van der Waals surface area contributed by atoms with Crippen LogP contribution in [0.2, 0.25) is 0 Å². The van der Waals surface area contributed by atoms with Crippen LogP contribution in [-0.2, 0) is 19.0 Å². The predicted octanol–water partition coefficient (Wildman–Crippen LogP) is -0.00510. The van der Waals surface area contributed by atoms with E-state index in [0.29, 0.717) is 13.2 Å². The van der Waals surface area contributed by atoms with E-state index in [1.807, 2.05) is 0 Å². The summed E-state index contributed by atoms with van der Waals surface area (Å²) in [6.07, 6.45) is 0.720. The summed E-state index contributed by atoms with van der Waals surface area (Å²) in [4.78, 5) is 11.5. The molecule has 0 aliphatic heterocycles. The molecule has 1 atom stereocenters. The zero-order chi connectivity index (χ0) is 13.3. The van der Waals surface area contributed by atoms with Gasteiger partial charge in [0, 0.05) is 6.61 Å². The van der Waals surface area contributed by atoms with Gasteiger partial charge in [0.2, 0.25) is 0 Å². The van der Waals surface area contributed by atoms with Crippen molar-refractivity contribution in [1.29, 1.82) is 0 Å². The van der Waals surface area contributed by atoms with E-state index in [0.717, 1.165) is 6.42 Å². The first-order valence-electron chi connectivity index (χ1n) is 5.71. The van der Waals surface area contributed by atoms with Crippen LogP contribution in [0.25, 0.3) is 0 Å². The second-order valence-corrected chi connectivity index (χ2v) is 4.64. The lowest BCUT2D eigenvalue weighted by Crippen LogP contribution is -2.40. The van der Waals surface area contributed by atoms with Crippen molar-refractivity contribution in [3.05, 3.63) is 0 Å². The molecule has 0 heterocycles. The quantitative estimate of drug-likeness (QED) is 0.356. The highest BCUT2D eigenvalue weighted by molar-refractivity contribution is 5.76. The third-order valence-electron chi connectivity index (χ3n) is 1.70. The Kier molecular flexibility index (Phi) is 8.07. The van der Waals surface area contributed by atoms with E-state index in [1.165, 1.54) is 0 Å². The molecule has 0 fully saturated rings. The van der Waals surface area contributed by atoms with Crippen LogP contribution in [0.1, 0.15) is 27.2 Å². The number of nitrogens with two attached hydrogens (primary N) is 2. The first-order chi connectivity index (χ1) is 7.87. The summed E-state index contributed by atoms with van der Waals surface area (Å²) < 4.78 is 15.3. The van der Waals surface area contributed by atoms with E-state index in [-0.39, 0.29) is 13.3 Å². The summed E-state index contributed by atoms with van der Waals surface area (Å²) in [5, 5.41) is 0. The Hall–Kier alpha value is -0.690. The van der Waals surface area contributed by atoms with Gasteiger partial charge in [-0.15, -0.1) is 0 Å². The van der Waals surface area contributed by atoms with Crippen LogP contribution >= 0.6 is 0 Å². The lowest BCUT2D eigenvalue weighted by Gasteiger charge is -2.22. The molecule has 0 saturated carbocycles. The average Bonchev–Trinajstić information content (AvgIpc) is 2.20. The van der Waals surface area contributed by atoms with Gasteiger partial charge in [-0.25, -0.2) is 0 Å². The normalized spacial score (nSPS) is 13.5. The van der Waals surface area contributed by atoms with Gasteiger partial charge in [-0.2, -0.15) is 0 Å². The van der Waals surface area contributed by atoms with Gasteiger partial charge in [0.1, 0.15) is 11.6 Å². The Balaban J connectivity index is 3.58. The smallest absolute Gasteiger partial charge is 0.325 e. The highest BCUT2D eigenvalue weighted by Crippen LogP contribution is 2.07. The Labute approximate surface area is 103 Å². The van der Waals surface area contributed by atoms with Crippen LogP contribution < -0.4 is 11.5 Å². The maximum Gasteiger partial charge on any atom is 0.325 e. The number of carbonyl (C=O) groups is 1. The zero-order valence-electron chi connectivity index (χ0n) is 10.9. The van der Waals surface area contributed by atoms with Gasteiger partial charge < -0.3 is 25.7 Å². The maximum absolute atomic E-state index is 11.5. The number of hydrogen-bond donors (Lipinski definition) is 2. The third-order valence-corrected chi connectivity index (χ3v) is 1.70. The molecule has 0 aromatic carbocycles. The molecule has 0 amide bonds. The van der Waals surface area contributed by atoms with Gasteiger partial charge in [0.15, 0.2) is 0 Å². The molecular formula is C11H24N2O4.